The van der Waals surface area contributed by atoms with Crippen molar-refractivity contribution in [3.63, 3.8) is 0 Å². The molecule has 0 radical (unpaired) electrons. The lowest BCUT2D eigenvalue weighted by Gasteiger charge is -2.31. The third-order valence-corrected chi connectivity index (χ3v) is 2.80. The van der Waals surface area contributed by atoms with Gasteiger partial charge in [0.1, 0.15) is 11.9 Å². The summed E-state index contributed by atoms with van der Waals surface area (Å²) in [6.45, 7) is 7.97. The van der Waals surface area contributed by atoms with Gasteiger partial charge in [-0.15, -0.1) is 0 Å². The van der Waals surface area contributed by atoms with E-state index in [2.05, 4.69) is 4.98 Å². The number of ketones is 1. The molecule has 15 heavy (non-hydrogen) atoms. The molecule has 1 rings (SSSR count). The lowest BCUT2D eigenvalue weighted by molar-refractivity contribution is -0.134. The first-order chi connectivity index (χ1) is 7.00. The Morgan fingerprint density at radius 3 is 2.67 bits per heavy atom. The third kappa shape index (κ3) is 2.48. The van der Waals surface area contributed by atoms with E-state index < -0.39 is 5.41 Å². The standard InChI is InChI=1S/C12H19NO2/c1-5-15-11(10-7-6-8-13-10)12(3,4)9(2)14/h6-8,11,13H,5H2,1-4H3. The van der Waals surface area contributed by atoms with Gasteiger partial charge in [0.25, 0.3) is 0 Å². The van der Waals surface area contributed by atoms with Gasteiger partial charge in [0, 0.05) is 18.5 Å². The van der Waals surface area contributed by atoms with Gasteiger partial charge < -0.3 is 9.72 Å². The summed E-state index contributed by atoms with van der Waals surface area (Å²) < 4.78 is 5.66. The average Bonchev–Trinajstić information content (AvgIpc) is 2.66. The van der Waals surface area contributed by atoms with Gasteiger partial charge in [0.05, 0.1) is 5.41 Å². The van der Waals surface area contributed by atoms with Crippen LogP contribution in [0.25, 0.3) is 0 Å². The fourth-order valence-corrected chi connectivity index (χ4v) is 1.55. The van der Waals surface area contributed by atoms with E-state index >= 15 is 0 Å². The van der Waals surface area contributed by atoms with Crippen LogP contribution in [-0.2, 0) is 9.53 Å². The Hall–Kier alpha value is -1.09. The molecule has 1 N–H and O–H groups in total. The number of hydrogen-bond donors (Lipinski definition) is 1. The molecule has 0 spiro atoms. The Balaban J connectivity index is 2.97. The first kappa shape index (κ1) is 12.0. The lowest BCUT2D eigenvalue weighted by atomic mass is 9.81. The maximum atomic E-state index is 11.6. The van der Waals surface area contributed by atoms with E-state index in [4.69, 9.17) is 4.74 Å². The monoisotopic (exact) mass is 209 g/mol. The summed E-state index contributed by atoms with van der Waals surface area (Å²) in [5.74, 6) is 0.135. The topological polar surface area (TPSA) is 42.1 Å². The fourth-order valence-electron chi connectivity index (χ4n) is 1.55. The third-order valence-electron chi connectivity index (χ3n) is 2.80. The second-order valence-electron chi connectivity index (χ2n) is 4.24. The predicted octanol–water partition coefficient (Wildman–Crippen LogP) is 2.71. The highest BCUT2D eigenvalue weighted by atomic mass is 16.5. The van der Waals surface area contributed by atoms with E-state index in [1.807, 2.05) is 39.1 Å². The zero-order chi connectivity index (χ0) is 11.5. The normalized spacial score (nSPS) is 13.9. The molecule has 0 aliphatic rings. The first-order valence-electron chi connectivity index (χ1n) is 5.26. The molecule has 3 heteroatoms. The summed E-state index contributed by atoms with van der Waals surface area (Å²) in [6, 6.07) is 3.86. The predicted molar refractivity (Wildman–Crippen MR) is 59.6 cm³/mol. The van der Waals surface area contributed by atoms with Crippen molar-refractivity contribution in [3.05, 3.63) is 24.0 Å². The number of aromatic nitrogens is 1. The molecular weight excluding hydrogens is 190 g/mol. The van der Waals surface area contributed by atoms with Crippen LogP contribution in [0.4, 0.5) is 0 Å². The zero-order valence-electron chi connectivity index (χ0n) is 9.83. The molecule has 1 aromatic heterocycles. The van der Waals surface area contributed by atoms with Gasteiger partial charge in [-0.1, -0.05) is 13.8 Å². The molecule has 0 aromatic carbocycles. The molecule has 0 bridgehead atoms. The number of carbonyl (C=O) groups is 1. The smallest absolute Gasteiger partial charge is 0.138 e. The second kappa shape index (κ2) is 4.62. The maximum absolute atomic E-state index is 11.6. The minimum Gasteiger partial charge on any atom is -0.371 e. The molecular formula is C12H19NO2. The molecule has 0 aliphatic carbocycles. The summed E-state index contributed by atoms with van der Waals surface area (Å²) in [4.78, 5) is 14.7. The van der Waals surface area contributed by atoms with Crippen LogP contribution in [0.3, 0.4) is 0 Å². The molecule has 3 nitrogen and oxygen atoms in total. The van der Waals surface area contributed by atoms with Crippen LogP contribution in [0.5, 0.6) is 0 Å². The minimum atomic E-state index is -0.499. The highest BCUT2D eigenvalue weighted by molar-refractivity contribution is 5.82. The van der Waals surface area contributed by atoms with Crippen LogP contribution >= 0.6 is 0 Å². The minimum absolute atomic E-state index is 0.135. The zero-order valence-corrected chi connectivity index (χ0v) is 9.83. The lowest BCUT2D eigenvalue weighted by Crippen LogP contribution is -2.31. The molecule has 1 atom stereocenters. The Bertz CT molecular complexity index is 314. The highest BCUT2D eigenvalue weighted by Gasteiger charge is 2.36. The number of carbonyl (C=O) groups excluding carboxylic acids is 1. The van der Waals surface area contributed by atoms with Gasteiger partial charge in [0.15, 0.2) is 0 Å². The van der Waals surface area contributed by atoms with Crippen molar-refractivity contribution in [2.24, 2.45) is 5.41 Å². The number of Topliss-reactive ketones (excluding diaryl/α,β-unsaturated/α-hetero) is 1. The maximum Gasteiger partial charge on any atom is 0.138 e. The van der Waals surface area contributed by atoms with E-state index in [0.717, 1.165) is 5.69 Å². The molecule has 0 amide bonds. The van der Waals surface area contributed by atoms with Gasteiger partial charge in [-0.3, -0.25) is 4.79 Å². The molecule has 0 fully saturated rings. The number of hydrogen-bond acceptors (Lipinski definition) is 2. The Morgan fingerprint density at radius 1 is 1.60 bits per heavy atom. The summed E-state index contributed by atoms with van der Waals surface area (Å²) >= 11 is 0. The Labute approximate surface area is 90.8 Å². The van der Waals surface area contributed by atoms with Gasteiger partial charge >= 0.3 is 0 Å². The van der Waals surface area contributed by atoms with Gasteiger partial charge in [0.2, 0.25) is 0 Å². The molecule has 0 aliphatic heterocycles. The van der Waals surface area contributed by atoms with E-state index in [1.54, 1.807) is 6.92 Å². The van der Waals surface area contributed by atoms with Crippen molar-refractivity contribution in [2.45, 2.75) is 33.8 Å². The molecule has 0 saturated carbocycles. The summed E-state index contributed by atoms with van der Waals surface area (Å²) in [6.07, 6.45) is 1.65. The molecule has 84 valence electrons. The average molecular weight is 209 g/mol. The van der Waals surface area contributed by atoms with Crippen molar-refractivity contribution < 1.29 is 9.53 Å². The van der Waals surface area contributed by atoms with Gasteiger partial charge in [-0.2, -0.15) is 0 Å². The number of aromatic amines is 1. The Morgan fingerprint density at radius 2 is 2.27 bits per heavy atom. The molecule has 1 heterocycles. The first-order valence-corrected chi connectivity index (χ1v) is 5.26. The molecule has 0 saturated heterocycles. The quantitative estimate of drug-likeness (QED) is 0.810. The fraction of sp³-hybridized carbons (Fsp3) is 0.583. The van der Waals surface area contributed by atoms with Gasteiger partial charge in [-0.05, 0) is 26.0 Å². The van der Waals surface area contributed by atoms with E-state index in [0.29, 0.717) is 6.61 Å². The number of nitrogens with one attached hydrogen (secondary N) is 1. The van der Waals surface area contributed by atoms with Crippen molar-refractivity contribution in [2.75, 3.05) is 6.61 Å². The summed E-state index contributed by atoms with van der Waals surface area (Å²) in [7, 11) is 0. The summed E-state index contributed by atoms with van der Waals surface area (Å²) in [5.41, 5.74) is 0.456. The van der Waals surface area contributed by atoms with Crippen molar-refractivity contribution >= 4 is 5.78 Å². The van der Waals surface area contributed by atoms with Gasteiger partial charge in [-0.25, -0.2) is 0 Å². The van der Waals surface area contributed by atoms with Crippen molar-refractivity contribution in [1.82, 2.24) is 4.98 Å². The summed E-state index contributed by atoms with van der Waals surface area (Å²) in [5, 5.41) is 0. The van der Waals surface area contributed by atoms with Crippen LogP contribution in [0.1, 0.15) is 39.5 Å². The van der Waals surface area contributed by atoms with E-state index in [9.17, 15) is 4.79 Å². The second-order valence-corrected chi connectivity index (χ2v) is 4.24. The van der Waals surface area contributed by atoms with E-state index in [1.165, 1.54) is 0 Å². The molecule has 1 unspecified atom stereocenters. The van der Waals surface area contributed by atoms with Crippen LogP contribution in [-0.4, -0.2) is 17.4 Å². The number of H-pyrrole nitrogens is 1. The van der Waals surface area contributed by atoms with Crippen molar-refractivity contribution in [1.29, 1.82) is 0 Å². The SMILES string of the molecule is CCOC(c1ccc[nH]1)C(C)(C)C(C)=O. The largest absolute Gasteiger partial charge is 0.371 e. The van der Waals surface area contributed by atoms with Crippen LogP contribution in [0.2, 0.25) is 0 Å². The van der Waals surface area contributed by atoms with Crippen molar-refractivity contribution in [3.8, 4) is 0 Å². The van der Waals surface area contributed by atoms with E-state index in [-0.39, 0.29) is 11.9 Å². The highest BCUT2D eigenvalue weighted by Crippen LogP contribution is 2.36. The Kier molecular flexibility index (Phi) is 3.69. The molecule has 1 aromatic rings. The number of ether oxygens (including phenoxy) is 1. The number of rotatable bonds is 5. The van der Waals surface area contributed by atoms with Crippen LogP contribution < -0.4 is 0 Å². The van der Waals surface area contributed by atoms with Crippen LogP contribution in [0.15, 0.2) is 18.3 Å². The van der Waals surface area contributed by atoms with Crippen LogP contribution in [0, 0.1) is 5.41 Å².